The molecule has 17 heavy (non-hydrogen) atoms. The van der Waals surface area contributed by atoms with Gasteiger partial charge in [-0.05, 0) is 52.4 Å². The summed E-state index contributed by atoms with van der Waals surface area (Å²) < 4.78 is 14.5. The molecule has 0 aliphatic carbocycles. The van der Waals surface area contributed by atoms with E-state index < -0.39 is 0 Å². The number of nitrogen functional groups attached to an aromatic ring is 2. The molecule has 2 aromatic carbocycles. The van der Waals surface area contributed by atoms with Gasteiger partial charge in [0.25, 0.3) is 0 Å². The lowest BCUT2D eigenvalue weighted by atomic mass is 10.0. The Morgan fingerprint density at radius 2 is 1.59 bits per heavy atom. The summed E-state index contributed by atoms with van der Waals surface area (Å²) in [6, 6.07) is 10.2. The van der Waals surface area contributed by atoms with Gasteiger partial charge in [-0.1, -0.05) is 12.1 Å². The minimum atomic E-state index is -0.317. The first-order chi connectivity index (χ1) is 7.58. The number of anilines is 2. The van der Waals surface area contributed by atoms with Gasteiger partial charge in [0.15, 0.2) is 0 Å². The fourth-order valence-corrected chi connectivity index (χ4v) is 1.91. The molecule has 2 aromatic rings. The molecule has 0 bridgehead atoms. The van der Waals surface area contributed by atoms with Crippen LogP contribution in [0.3, 0.4) is 0 Å². The fourth-order valence-electron chi connectivity index (χ4n) is 1.45. The summed E-state index contributed by atoms with van der Waals surface area (Å²) in [5.41, 5.74) is 13.7. The van der Waals surface area contributed by atoms with Gasteiger partial charge < -0.3 is 11.5 Å². The van der Waals surface area contributed by atoms with Crippen molar-refractivity contribution in [2.75, 3.05) is 11.5 Å². The van der Waals surface area contributed by atoms with Crippen LogP contribution in [0.1, 0.15) is 0 Å². The van der Waals surface area contributed by atoms with Gasteiger partial charge in [-0.2, -0.15) is 0 Å². The van der Waals surface area contributed by atoms with Crippen molar-refractivity contribution in [3.63, 3.8) is 0 Å². The van der Waals surface area contributed by atoms with E-state index in [1.165, 1.54) is 6.07 Å². The molecule has 2 rings (SSSR count). The van der Waals surface area contributed by atoms with Crippen LogP contribution in [0.25, 0.3) is 11.1 Å². The van der Waals surface area contributed by atoms with Crippen molar-refractivity contribution in [1.29, 1.82) is 0 Å². The molecule has 0 saturated heterocycles. The van der Waals surface area contributed by atoms with Crippen molar-refractivity contribution in [3.8, 4) is 11.1 Å². The van der Waals surface area contributed by atoms with Crippen molar-refractivity contribution in [2.24, 2.45) is 0 Å². The lowest BCUT2D eigenvalue weighted by Gasteiger charge is -2.06. The van der Waals surface area contributed by atoms with Crippen LogP contribution in [-0.4, -0.2) is 0 Å². The van der Waals surface area contributed by atoms with Gasteiger partial charge in [-0.25, -0.2) is 4.39 Å². The third-order valence-corrected chi connectivity index (χ3v) is 3.24. The topological polar surface area (TPSA) is 52.0 Å². The van der Waals surface area contributed by atoms with Crippen LogP contribution in [0.5, 0.6) is 0 Å². The van der Waals surface area contributed by atoms with Crippen molar-refractivity contribution in [3.05, 3.63) is 45.8 Å². The number of halogens is 3. The maximum atomic E-state index is 13.7. The van der Waals surface area contributed by atoms with E-state index in [1.54, 1.807) is 30.3 Å². The molecule has 0 fully saturated rings. The van der Waals surface area contributed by atoms with Gasteiger partial charge >= 0.3 is 0 Å². The highest BCUT2D eigenvalue weighted by molar-refractivity contribution is 14.1. The molecule has 0 spiro atoms. The van der Waals surface area contributed by atoms with E-state index in [9.17, 15) is 4.39 Å². The Morgan fingerprint density at radius 3 is 2.18 bits per heavy atom. The van der Waals surface area contributed by atoms with Crippen molar-refractivity contribution in [1.82, 2.24) is 0 Å². The Balaban J connectivity index is 0.00000144. The third kappa shape index (κ3) is 3.01. The summed E-state index contributed by atoms with van der Waals surface area (Å²) in [5, 5.41) is 0. The fraction of sp³-hybridized carbons (Fsp3) is 0. The van der Waals surface area contributed by atoms with Crippen LogP contribution in [0.2, 0.25) is 0 Å². The molecule has 0 unspecified atom stereocenters. The average molecular weight is 365 g/mol. The quantitative estimate of drug-likeness (QED) is 0.599. The summed E-state index contributed by atoms with van der Waals surface area (Å²) in [6.45, 7) is 0. The molecule has 5 heteroatoms. The van der Waals surface area contributed by atoms with Crippen molar-refractivity contribution in [2.45, 2.75) is 0 Å². The van der Waals surface area contributed by atoms with E-state index in [4.69, 9.17) is 11.5 Å². The molecule has 4 N–H and O–H groups in total. The van der Waals surface area contributed by atoms with Crippen LogP contribution in [0.15, 0.2) is 36.4 Å². The van der Waals surface area contributed by atoms with Crippen molar-refractivity contribution < 1.29 is 4.39 Å². The lowest BCUT2D eigenvalue weighted by molar-refractivity contribution is 0.631. The summed E-state index contributed by atoms with van der Waals surface area (Å²) in [7, 11) is 0. The average Bonchev–Trinajstić information content (AvgIpc) is 2.25. The molecule has 0 aliphatic rings. The predicted molar refractivity (Wildman–Crippen MR) is 80.6 cm³/mol. The number of hydrogen-bond donors (Lipinski definition) is 2. The summed E-state index contributed by atoms with van der Waals surface area (Å²) in [5.74, 6) is -0.317. The Bertz CT molecular complexity index is 529. The molecular weight excluding hydrogens is 354 g/mol. The maximum Gasteiger partial charge on any atom is 0.133 e. The first kappa shape index (κ1) is 14.1. The molecule has 0 aliphatic heterocycles. The zero-order valence-corrected chi connectivity index (χ0v) is 11.8. The van der Waals surface area contributed by atoms with Gasteiger partial charge in [-0.15, -0.1) is 12.4 Å². The minimum absolute atomic E-state index is 0. The standard InChI is InChI=1S/C12H10FIN2.ClH/c13-10-6-12(16)11(14)5-9(10)7-1-3-8(15)4-2-7;/h1-6H,15-16H2;1H. The summed E-state index contributed by atoms with van der Waals surface area (Å²) in [6.07, 6.45) is 0. The third-order valence-electron chi connectivity index (χ3n) is 2.31. The Morgan fingerprint density at radius 1 is 1.00 bits per heavy atom. The number of nitrogens with two attached hydrogens (primary N) is 2. The van der Waals surface area contributed by atoms with Gasteiger partial charge in [-0.3, -0.25) is 0 Å². The highest BCUT2D eigenvalue weighted by Crippen LogP contribution is 2.28. The molecule has 0 atom stereocenters. The van der Waals surface area contributed by atoms with E-state index in [2.05, 4.69) is 22.6 Å². The molecule has 0 amide bonds. The zero-order chi connectivity index (χ0) is 11.7. The van der Waals surface area contributed by atoms with Crippen LogP contribution >= 0.6 is 35.0 Å². The number of hydrogen-bond acceptors (Lipinski definition) is 2. The molecular formula is C12H11ClFIN2. The first-order valence-electron chi connectivity index (χ1n) is 4.68. The van der Waals surface area contributed by atoms with Crippen LogP contribution in [0, 0.1) is 9.39 Å². The molecule has 0 heterocycles. The Hall–Kier alpha value is -1.01. The normalized spacial score (nSPS) is 9.76. The second-order valence-electron chi connectivity index (χ2n) is 3.48. The molecule has 0 radical (unpaired) electrons. The Labute approximate surface area is 119 Å². The molecule has 0 saturated carbocycles. The number of benzene rings is 2. The first-order valence-corrected chi connectivity index (χ1v) is 5.76. The van der Waals surface area contributed by atoms with E-state index in [0.29, 0.717) is 16.9 Å². The monoisotopic (exact) mass is 364 g/mol. The summed E-state index contributed by atoms with van der Waals surface area (Å²) >= 11 is 2.08. The van der Waals surface area contributed by atoms with Crippen LogP contribution < -0.4 is 11.5 Å². The second-order valence-corrected chi connectivity index (χ2v) is 4.64. The van der Waals surface area contributed by atoms with E-state index >= 15 is 0 Å². The van der Waals surface area contributed by atoms with Gasteiger partial charge in [0, 0.05) is 20.5 Å². The van der Waals surface area contributed by atoms with E-state index in [0.717, 1.165) is 9.13 Å². The van der Waals surface area contributed by atoms with Crippen molar-refractivity contribution >= 4 is 46.4 Å². The van der Waals surface area contributed by atoms with Crippen LogP contribution in [0.4, 0.5) is 15.8 Å². The van der Waals surface area contributed by atoms with Gasteiger partial charge in [0.1, 0.15) is 5.82 Å². The van der Waals surface area contributed by atoms with E-state index in [-0.39, 0.29) is 18.2 Å². The minimum Gasteiger partial charge on any atom is -0.399 e. The van der Waals surface area contributed by atoms with E-state index in [1.807, 2.05) is 0 Å². The SMILES string of the molecule is Cl.Nc1ccc(-c2cc(I)c(N)cc2F)cc1. The molecule has 2 nitrogen and oxygen atoms in total. The highest BCUT2D eigenvalue weighted by Gasteiger charge is 2.08. The summed E-state index contributed by atoms with van der Waals surface area (Å²) in [4.78, 5) is 0. The lowest BCUT2D eigenvalue weighted by Crippen LogP contribution is -1.94. The van der Waals surface area contributed by atoms with Gasteiger partial charge in [0.05, 0.1) is 0 Å². The zero-order valence-electron chi connectivity index (χ0n) is 8.78. The maximum absolute atomic E-state index is 13.7. The van der Waals surface area contributed by atoms with Crippen LogP contribution in [-0.2, 0) is 0 Å². The smallest absolute Gasteiger partial charge is 0.133 e. The molecule has 90 valence electrons. The largest absolute Gasteiger partial charge is 0.399 e. The van der Waals surface area contributed by atoms with Gasteiger partial charge in [0.2, 0.25) is 0 Å². The predicted octanol–water partition coefficient (Wildman–Crippen LogP) is 3.68. The second kappa shape index (κ2) is 5.55. The number of rotatable bonds is 1. The highest BCUT2D eigenvalue weighted by atomic mass is 127. The Kier molecular flexibility index (Phi) is 4.59. The molecule has 0 aromatic heterocycles.